The fourth-order valence-corrected chi connectivity index (χ4v) is 3.29. The smallest absolute Gasteiger partial charge is 0.325 e. The number of imide groups is 1. The van der Waals surface area contributed by atoms with E-state index >= 15 is 0 Å². The van der Waals surface area contributed by atoms with Gasteiger partial charge in [-0.3, -0.25) is 14.5 Å². The first-order valence-electron chi connectivity index (χ1n) is 7.25. The van der Waals surface area contributed by atoms with Crippen molar-refractivity contribution in [1.29, 1.82) is 0 Å². The zero-order valence-corrected chi connectivity index (χ0v) is 12.7. The topological polar surface area (TPSA) is 81.8 Å². The van der Waals surface area contributed by atoms with Crippen molar-refractivity contribution in [3.8, 4) is 0 Å². The molecule has 0 aromatic carbocycles. The SMILES string of the molecule is Cl.O=C(CN1C(=O)NC2(CCCC2)C1=O)N1CCNCC1. The number of hydrogen-bond donors (Lipinski definition) is 2. The first-order chi connectivity index (χ1) is 9.62. The summed E-state index contributed by atoms with van der Waals surface area (Å²) in [6, 6.07) is -0.416. The molecule has 2 saturated heterocycles. The summed E-state index contributed by atoms with van der Waals surface area (Å²) in [5.74, 6) is -0.367. The molecule has 3 aliphatic rings. The molecule has 2 aliphatic heterocycles. The molecule has 4 amide bonds. The van der Waals surface area contributed by atoms with Crippen molar-refractivity contribution in [1.82, 2.24) is 20.4 Å². The average molecular weight is 317 g/mol. The van der Waals surface area contributed by atoms with E-state index in [9.17, 15) is 14.4 Å². The summed E-state index contributed by atoms with van der Waals surface area (Å²) >= 11 is 0. The first kappa shape index (κ1) is 16.0. The fraction of sp³-hybridized carbons (Fsp3) is 0.769. The molecule has 1 aliphatic carbocycles. The Hall–Kier alpha value is -1.34. The van der Waals surface area contributed by atoms with Gasteiger partial charge < -0.3 is 15.5 Å². The maximum Gasteiger partial charge on any atom is 0.325 e. The van der Waals surface area contributed by atoms with Crippen molar-refractivity contribution < 1.29 is 14.4 Å². The van der Waals surface area contributed by atoms with Gasteiger partial charge in [-0.25, -0.2) is 4.79 Å². The number of nitrogens with zero attached hydrogens (tertiary/aromatic N) is 2. The number of piperazine rings is 1. The molecule has 21 heavy (non-hydrogen) atoms. The van der Waals surface area contributed by atoms with Crippen LogP contribution in [0, 0.1) is 0 Å². The zero-order chi connectivity index (χ0) is 14.2. The molecule has 0 radical (unpaired) electrons. The second-order valence-electron chi connectivity index (χ2n) is 5.74. The number of nitrogens with one attached hydrogen (secondary N) is 2. The van der Waals surface area contributed by atoms with Gasteiger partial charge in [0.1, 0.15) is 12.1 Å². The molecule has 3 fully saturated rings. The number of rotatable bonds is 2. The predicted octanol–water partition coefficient (Wildman–Crippen LogP) is -0.295. The van der Waals surface area contributed by atoms with Crippen LogP contribution in [0.3, 0.4) is 0 Å². The zero-order valence-electron chi connectivity index (χ0n) is 11.9. The molecule has 2 heterocycles. The third kappa shape index (κ3) is 2.85. The summed E-state index contributed by atoms with van der Waals surface area (Å²) in [5.41, 5.74) is -0.721. The fourth-order valence-electron chi connectivity index (χ4n) is 3.29. The van der Waals surface area contributed by atoms with Crippen LogP contribution in [0.5, 0.6) is 0 Å². The first-order valence-corrected chi connectivity index (χ1v) is 7.25. The van der Waals surface area contributed by atoms with E-state index in [1.807, 2.05) is 0 Å². The van der Waals surface area contributed by atoms with Gasteiger partial charge in [-0.05, 0) is 12.8 Å². The summed E-state index contributed by atoms with van der Waals surface area (Å²) < 4.78 is 0. The standard InChI is InChI=1S/C13H20N4O3.ClH/c18-10(16-7-5-14-6-8-16)9-17-11(19)13(15-12(17)20)3-1-2-4-13;/h14H,1-9H2,(H,15,20);1H. The Kier molecular flexibility index (Phi) is 4.73. The van der Waals surface area contributed by atoms with Gasteiger partial charge in [-0.1, -0.05) is 12.8 Å². The summed E-state index contributed by atoms with van der Waals surface area (Å²) in [7, 11) is 0. The molecule has 1 spiro atoms. The van der Waals surface area contributed by atoms with E-state index in [0.717, 1.165) is 30.8 Å². The van der Waals surface area contributed by atoms with Crippen molar-refractivity contribution in [2.75, 3.05) is 32.7 Å². The van der Waals surface area contributed by atoms with Crippen molar-refractivity contribution in [2.45, 2.75) is 31.2 Å². The van der Waals surface area contributed by atoms with E-state index < -0.39 is 11.6 Å². The Morgan fingerprint density at radius 3 is 2.38 bits per heavy atom. The molecule has 118 valence electrons. The number of halogens is 1. The van der Waals surface area contributed by atoms with Crippen LogP contribution >= 0.6 is 12.4 Å². The summed E-state index contributed by atoms with van der Waals surface area (Å²) in [6.07, 6.45) is 3.28. The van der Waals surface area contributed by atoms with Crippen LogP contribution in [-0.4, -0.2) is 65.9 Å². The predicted molar refractivity (Wildman–Crippen MR) is 78.1 cm³/mol. The quantitative estimate of drug-likeness (QED) is 0.686. The van der Waals surface area contributed by atoms with Crippen LogP contribution in [0.15, 0.2) is 0 Å². The highest BCUT2D eigenvalue weighted by Gasteiger charge is 2.52. The third-order valence-corrected chi connectivity index (χ3v) is 4.47. The average Bonchev–Trinajstić information content (AvgIpc) is 3.01. The van der Waals surface area contributed by atoms with Crippen molar-refractivity contribution >= 4 is 30.3 Å². The number of carbonyl (C=O) groups is 3. The molecule has 0 aromatic heterocycles. The van der Waals surface area contributed by atoms with Crippen LogP contribution in [0.1, 0.15) is 25.7 Å². The molecular formula is C13H21ClN4O3. The molecule has 7 nitrogen and oxygen atoms in total. The van der Waals surface area contributed by atoms with E-state index in [4.69, 9.17) is 0 Å². The van der Waals surface area contributed by atoms with Crippen LogP contribution in [-0.2, 0) is 9.59 Å². The molecule has 0 bridgehead atoms. The van der Waals surface area contributed by atoms with E-state index in [1.165, 1.54) is 0 Å². The lowest BCUT2D eigenvalue weighted by atomic mass is 9.98. The second-order valence-corrected chi connectivity index (χ2v) is 5.74. The van der Waals surface area contributed by atoms with Gasteiger partial charge in [0.15, 0.2) is 0 Å². The minimum absolute atomic E-state index is 0. The van der Waals surface area contributed by atoms with Crippen molar-refractivity contribution in [2.24, 2.45) is 0 Å². The lowest BCUT2D eigenvalue weighted by Crippen LogP contribution is -2.51. The Bertz CT molecular complexity index is 445. The molecular weight excluding hydrogens is 296 g/mol. The maximum absolute atomic E-state index is 12.4. The monoisotopic (exact) mass is 316 g/mol. The molecule has 0 unspecified atom stereocenters. The van der Waals surface area contributed by atoms with Crippen LogP contribution in [0.4, 0.5) is 4.79 Å². The minimum Gasteiger partial charge on any atom is -0.339 e. The molecule has 8 heteroatoms. The minimum atomic E-state index is -0.721. The van der Waals surface area contributed by atoms with Gasteiger partial charge in [0, 0.05) is 26.2 Å². The molecule has 0 atom stereocenters. The Labute approximate surface area is 129 Å². The lowest BCUT2D eigenvalue weighted by molar-refractivity contribution is -0.139. The Morgan fingerprint density at radius 1 is 1.14 bits per heavy atom. The normalized spacial score (nSPS) is 24.2. The molecule has 3 rings (SSSR count). The van der Waals surface area contributed by atoms with E-state index in [1.54, 1.807) is 4.90 Å². The Morgan fingerprint density at radius 2 is 1.76 bits per heavy atom. The van der Waals surface area contributed by atoms with E-state index in [-0.39, 0.29) is 30.8 Å². The number of carbonyl (C=O) groups excluding carboxylic acids is 3. The van der Waals surface area contributed by atoms with Gasteiger partial charge in [0.05, 0.1) is 0 Å². The van der Waals surface area contributed by atoms with Crippen molar-refractivity contribution in [3.63, 3.8) is 0 Å². The highest BCUT2D eigenvalue weighted by atomic mass is 35.5. The molecule has 1 saturated carbocycles. The Balaban J connectivity index is 0.00000161. The lowest BCUT2D eigenvalue weighted by Gasteiger charge is -2.28. The van der Waals surface area contributed by atoms with Crippen LogP contribution in [0.2, 0.25) is 0 Å². The van der Waals surface area contributed by atoms with Gasteiger partial charge >= 0.3 is 6.03 Å². The molecule has 0 aromatic rings. The van der Waals surface area contributed by atoms with Crippen LogP contribution < -0.4 is 10.6 Å². The van der Waals surface area contributed by atoms with E-state index in [0.29, 0.717) is 25.9 Å². The van der Waals surface area contributed by atoms with Crippen LogP contribution in [0.25, 0.3) is 0 Å². The number of amides is 4. The van der Waals surface area contributed by atoms with Crippen molar-refractivity contribution in [3.05, 3.63) is 0 Å². The van der Waals surface area contributed by atoms with E-state index in [2.05, 4.69) is 10.6 Å². The summed E-state index contributed by atoms with van der Waals surface area (Å²) in [6.45, 7) is 2.65. The van der Waals surface area contributed by atoms with Gasteiger partial charge in [0.25, 0.3) is 5.91 Å². The maximum atomic E-state index is 12.4. The number of urea groups is 1. The largest absolute Gasteiger partial charge is 0.339 e. The third-order valence-electron chi connectivity index (χ3n) is 4.47. The summed E-state index contributed by atoms with van der Waals surface area (Å²) in [4.78, 5) is 39.4. The van der Waals surface area contributed by atoms with Gasteiger partial charge in [-0.2, -0.15) is 0 Å². The second kappa shape index (κ2) is 6.19. The summed E-state index contributed by atoms with van der Waals surface area (Å²) in [5, 5.41) is 5.96. The number of hydrogen-bond acceptors (Lipinski definition) is 4. The highest BCUT2D eigenvalue weighted by Crippen LogP contribution is 2.34. The van der Waals surface area contributed by atoms with Gasteiger partial charge in [0.2, 0.25) is 5.91 Å². The molecule has 2 N–H and O–H groups in total. The highest BCUT2D eigenvalue weighted by molar-refractivity contribution is 6.09. The van der Waals surface area contributed by atoms with Gasteiger partial charge in [-0.15, -0.1) is 12.4 Å².